The minimum absolute atomic E-state index is 0.0890. The van der Waals surface area contributed by atoms with Gasteiger partial charge >= 0.3 is 0 Å². The Labute approximate surface area is 282 Å². The highest BCUT2D eigenvalue weighted by molar-refractivity contribution is 6.95. The fourth-order valence-corrected chi connectivity index (χ4v) is 7.25. The zero-order valence-electron chi connectivity index (χ0n) is 26.2. The molecule has 0 fully saturated rings. The van der Waals surface area contributed by atoms with Gasteiger partial charge in [-0.1, -0.05) is 89.2 Å². The second-order valence-electron chi connectivity index (χ2n) is 12.1. The molecule has 0 unspecified atom stereocenters. The van der Waals surface area contributed by atoms with Gasteiger partial charge in [-0.15, -0.1) is 0 Å². The molecule has 9 rings (SSSR count). The van der Waals surface area contributed by atoms with Gasteiger partial charge in [0.1, 0.15) is 11.6 Å². The largest absolute Gasteiger partial charge is 0.294 e. The summed E-state index contributed by atoms with van der Waals surface area (Å²) in [6, 6.07) is 49.8. The number of pyridine rings is 2. The van der Waals surface area contributed by atoms with Gasteiger partial charge in [0.2, 0.25) is 6.71 Å². The summed E-state index contributed by atoms with van der Waals surface area (Å²) in [6.07, 6.45) is 3.62. The number of aromatic nitrogens is 4. The lowest BCUT2D eigenvalue weighted by molar-refractivity contribution is 1.08. The first kappa shape index (κ1) is 28.3. The molecule has 4 aromatic heterocycles. The van der Waals surface area contributed by atoms with Gasteiger partial charge in [0.15, 0.2) is 5.69 Å². The first-order valence-electron chi connectivity index (χ1n) is 16.0. The van der Waals surface area contributed by atoms with E-state index in [2.05, 4.69) is 80.7 Å². The standard InChI is InChI=1S/C42H25BN6/c1-45-32-16-20-38-36(26-32)34-18-15-31(25-40(34)49(38)42-12-6-8-22-47-42)43(29-9-3-2-4-10-29)30-14-17-33-35-23-28(27-44)13-19-37(35)48(39(33)24-30)41-11-5-7-21-46-41/h2-26H. The van der Waals surface area contributed by atoms with Gasteiger partial charge in [0.05, 0.1) is 40.3 Å². The average molecular weight is 625 g/mol. The molecule has 6 nitrogen and oxygen atoms in total. The van der Waals surface area contributed by atoms with E-state index in [9.17, 15) is 5.26 Å². The Morgan fingerprint density at radius 1 is 0.531 bits per heavy atom. The van der Waals surface area contributed by atoms with E-state index >= 15 is 0 Å². The van der Waals surface area contributed by atoms with E-state index < -0.39 is 0 Å². The Morgan fingerprint density at radius 2 is 1.10 bits per heavy atom. The van der Waals surface area contributed by atoms with E-state index in [-0.39, 0.29) is 6.71 Å². The van der Waals surface area contributed by atoms with Crippen LogP contribution in [0, 0.1) is 17.9 Å². The highest BCUT2D eigenvalue weighted by Gasteiger charge is 2.25. The van der Waals surface area contributed by atoms with E-state index in [1.807, 2.05) is 91.3 Å². The van der Waals surface area contributed by atoms with Crippen molar-refractivity contribution in [1.82, 2.24) is 19.1 Å². The normalized spacial score (nSPS) is 11.2. The first-order chi connectivity index (χ1) is 24.2. The van der Waals surface area contributed by atoms with E-state index in [0.29, 0.717) is 11.3 Å². The SMILES string of the molecule is [C-]#[N+]c1ccc2c(c1)c1ccc(B(c3ccccc3)c3ccc4c5cc(C#N)ccc5n(-c5ccccn5)c4c3)cc1n2-c1ccccn1. The topological polar surface area (TPSA) is 63.8 Å². The number of fused-ring (bicyclic) bond motifs is 6. The molecular formula is C42H25BN6. The van der Waals surface area contributed by atoms with Crippen molar-refractivity contribution in [2.45, 2.75) is 0 Å². The van der Waals surface area contributed by atoms with Gasteiger partial charge in [-0.3, -0.25) is 9.13 Å². The summed E-state index contributed by atoms with van der Waals surface area (Å²) >= 11 is 0. The Kier molecular flexibility index (Phi) is 6.57. The molecule has 9 aromatic rings. The number of nitrogens with zero attached hydrogens (tertiary/aromatic N) is 6. The maximum Gasteiger partial charge on any atom is 0.241 e. The fourth-order valence-electron chi connectivity index (χ4n) is 7.25. The molecule has 0 radical (unpaired) electrons. The van der Waals surface area contributed by atoms with Gasteiger partial charge < -0.3 is 0 Å². The van der Waals surface area contributed by atoms with Crippen LogP contribution >= 0.6 is 0 Å². The third-order valence-electron chi connectivity index (χ3n) is 9.38. The molecule has 49 heavy (non-hydrogen) atoms. The zero-order chi connectivity index (χ0) is 32.9. The highest BCUT2D eigenvalue weighted by atomic mass is 15.1. The van der Waals surface area contributed by atoms with Crippen LogP contribution in [-0.4, -0.2) is 25.8 Å². The molecule has 5 aromatic carbocycles. The Balaban J connectivity index is 1.32. The first-order valence-corrected chi connectivity index (χ1v) is 16.0. The maximum absolute atomic E-state index is 9.71. The second-order valence-corrected chi connectivity index (χ2v) is 12.1. The number of hydrogen-bond donors (Lipinski definition) is 0. The van der Waals surface area contributed by atoms with Gasteiger partial charge in [0.25, 0.3) is 0 Å². The summed E-state index contributed by atoms with van der Waals surface area (Å²) in [5.74, 6) is 1.64. The molecule has 0 atom stereocenters. The van der Waals surface area contributed by atoms with Gasteiger partial charge in [-0.2, -0.15) is 5.26 Å². The molecule has 226 valence electrons. The molecule has 0 aliphatic rings. The second kappa shape index (κ2) is 11.4. The summed E-state index contributed by atoms with van der Waals surface area (Å²) < 4.78 is 4.38. The van der Waals surface area contributed by atoms with Crippen LogP contribution in [0.3, 0.4) is 0 Å². The molecule has 0 amide bonds. The molecule has 0 N–H and O–H groups in total. The van der Waals surface area contributed by atoms with Crippen LogP contribution in [0.15, 0.2) is 152 Å². The van der Waals surface area contributed by atoms with E-state index in [1.165, 1.54) is 5.46 Å². The van der Waals surface area contributed by atoms with Crippen LogP contribution in [0.5, 0.6) is 0 Å². The number of benzene rings is 5. The van der Waals surface area contributed by atoms with Crippen molar-refractivity contribution in [2.24, 2.45) is 0 Å². The third kappa shape index (κ3) is 4.57. The molecule has 7 heteroatoms. The quantitative estimate of drug-likeness (QED) is 0.146. The number of rotatable bonds is 5. The summed E-state index contributed by atoms with van der Waals surface area (Å²) in [7, 11) is 0. The Bertz CT molecular complexity index is 2610. The molecule has 0 spiro atoms. The summed E-state index contributed by atoms with van der Waals surface area (Å²) in [5.41, 5.74) is 8.73. The van der Waals surface area contributed by atoms with Crippen molar-refractivity contribution < 1.29 is 0 Å². The lowest BCUT2D eigenvalue weighted by Gasteiger charge is -2.17. The molecule has 0 saturated heterocycles. The minimum Gasteiger partial charge on any atom is -0.294 e. The predicted octanol–water partition coefficient (Wildman–Crippen LogP) is 7.61. The summed E-state index contributed by atoms with van der Waals surface area (Å²) in [5, 5.41) is 13.9. The third-order valence-corrected chi connectivity index (χ3v) is 9.38. The van der Waals surface area contributed by atoms with Crippen LogP contribution in [-0.2, 0) is 0 Å². The number of nitriles is 1. The lowest BCUT2D eigenvalue weighted by atomic mass is 9.37. The molecular weight excluding hydrogens is 599 g/mol. The van der Waals surface area contributed by atoms with E-state index in [0.717, 1.165) is 66.2 Å². The van der Waals surface area contributed by atoms with Crippen molar-refractivity contribution in [3.05, 3.63) is 169 Å². The molecule has 0 aliphatic heterocycles. The van der Waals surface area contributed by atoms with Crippen LogP contribution in [0.4, 0.5) is 5.69 Å². The van der Waals surface area contributed by atoms with Crippen LogP contribution in [0.25, 0.3) is 60.1 Å². The number of hydrogen-bond acceptors (Lipinski definition) is 3. The van der Waals surface area contributed by atoms with Crippen LogP contribution < -0.4 is 16.4 Å². The van der Waals surface area contributed by atoms with Gasteiger partial charge in [-0.25, -0.2) is 14.8 Å². The monoisotopic (exact) mass is 624 g/mol. The minimum atomic E-state index is -0.0890. The highest BCUT2D eigenvalue weighted by Crippen LogP contribution is 2.34. The molecule has 4 heterocycles. The smallest absolute Gasteiger partial charge is 0.241 e. The molecule has 0 saturated carbocycles. The average Bonchev–Trinajstić information content (AvgIpc) is 3.67. The van der Waals surface area contributed by atoms with Crippen molar-refractivity contribution >= 4 is 72.4 Å². The van der Waals surface area contributed by atoms with Crippen LogP contribution in [0.2, 0.25) is 0 Å². The van der Waals surface area contributed by atoms with Gasteiger partial charge in [-0.05, 0) is 72.1 Å². The van der Waals surface area contributed by atoms with Crippen molar-refractivity contribution in [3.8, 4) is 17.7 Å². The summed E-state index contributed by atoms with van der Waals surface area (Å²) in [6.45, 7) is 7.56. The predicted molar refractivity (Wildman–Crippen MR) is 199 cm³/mol. The maximum atomic E-state index is 9.71. The van der Waals surface area contributed by atoms with Crippen molar-refractivity contribution in [3.63, 3.8) is 0 Å². The van der Waals surface area contributed by atoms with Crippen molar-refractivity contribution in [2.75, 3.05) is 0 Å². The molecule has 0 aliphatic carbocycles. The van der Waals surface area contributed by atoms with E-state index in [1.54, 1.807) is 0 Å². The van der Waals surface area contributed by atoms with Crippen LogP contribution in [0.1, 0.15) is 5.56 Å². The molecule has 0 bridgehead atoms. The summed E-state index contributed by atoms with van der Waals surface area (Å²) in [4.78, 5) is 13.2. The zero-order valence-corrected chi connectivity index (χ0v) is 26.2. The van der Waals surface area contributed by atoms with E-state index in [4.69, 9.17) is 16.5 Å². The van der Waals surface area contributed by atoms with Gasteiger partial charge in [0, 0.05) is 28.6 Å². The Morgan fingerprint density at radius 3 is 1.65 bits per heavy atom. The fraction of sp³-hybridized carbons (Fsp3) is 0. The Hall–Kier alpha value is -6.96. The van der Waals surface area contributed by atoms with Crippen molar-refractivity contribution in [1.29, 1.82) is 5.26 Å². The lowest BCUT2D eigenvalue weighted by Crippen LogP contribution is -2.52.